The van der Waals surface area contributed by atoms with Gasteiger partial charge in [0.2, 0.25) is 12.7 Å². The Hall–Kier alpha value is -2.79. The van der Waals surface area contributed by atoms with Crippen molar-refractivity contribution in [2.45, 2.75) is 18.6 Å². The fourth-order valence-corrected chi connectivity index (χ4v) is 4.82. The van der Waals surface area contributed by atoms with E-state index in [4.69, 9.17) is 10.5 Å². The van der Waals surface area contributed by atoms with Crippen LogP contribution in [0.3, 0.4) is 0 Å². The van der Waals surface area contributed by atoms with Crippen LogP contribution in [0.4, 0.5) is 14.5 Å². The van der Waals surface area contributed by atoms with Gasteiger partial charge in [-0.3, -0.25) is 4.79 Å². The lowest BCUT2D eigenvalue weighted by molar-refractivity contribution is 0.102. The number of carbonyl (C=O) groups excluding carboxylic acids is 1. The number of thioether (sulfide) groups is 1. The van der Waals surface area contributed by atoms with Crippen molar-refractivity contribution in [2.75, 3.05) is 24.5 Å². The van der Waals surface area contributed by atoms with Crippen LogP contribution in [-0.2, 0) is 10.3 Å². The predicted octanol–water partition coefficient (Wildman–Crippen LogP) is 2.47. The van der Waals surface area contributed by atoms with Crippen molar-refractivity contribution in [1.82, 2.24) is 9.97 Å². The number of ether oxygens (including phenoxy) is 2. The number of nitrogens with one attached hydrogen (secondary N) is 1. The second kappa shape index (κ2) is 8.15. The van der Waals surface area contributed by atoms with E-state index in [1.165, 1.54) is 23.9 Å². The minimum absolute atomic E-state index is 0.00252. The van der Waals surface area contributed by atoms with Crippen LogP contribution in [0.1, 0.15) is 23.0 Å². The first kappa shape index (κ1) is 20.5. The maximum Gasteiger partial charge on any atom is 0.275 e. The van der Waals surface area contributed by atoms with Crippen LogP contribution in [0.5, 0.6) is 5.88 Å². The molecule has 8 nitrogen and oxygen atoms in total. The number of alkyl halides is 1. The molecule has 0 aliphatic carbocycles. The van der Waals surface area contributed by atoms with E-state index in [9.17, 15) is 13.6 Å². The summed E-state index contributed by atoms with van der Waals surface area (Å²) in [5.74, 6) is -0.436. The van der Waals surface area contributed by atoms with Crippen molar-refractivity contribution < 1.29 is 23.0 Å². The van der Waals surface area contributed by atoms with Gasteiger partial charge in [0.1, 0.15) is 17.1 Å². The molecule has 0 radical (unpaired) electrons. The molecule has 4 rings (SSSR count). The van der Waals surface area contributed by atoms with Gasteiger partial charge >= 0.3 is 0 Å². The summed E-state index contributed by atoms with van der Waals surface area (Å²) in [5, 5.41) is 3.05. The monoisotopic (exact) mass is 435 g/mol. The molecule has 2 aliphatic heterocycles. The number of aliphatic imine (C=N–C) groups is 1. The van der Waals surface area contributed by atoms with E-state index in [1.807, 2.05) is 6.92 Å². The number of rotatable bonds is 5. The van der Waals surface area contributed by atoms with Gasteiger partial charge in [-0.2, -0.15) is 0 Å². The normalized spacial score (nSPS) is 25.4. The molecule has 1 aromatic carbocycles. The van der Waals surface area contributed by atoms with Crippen LogP contribution in [0, 0.1) is 11.7 Å². The summed E-state index contributed by atoms with van der Waals surface area (Å²) in [4.78, 5) is 24.8. The van der Waals surface area contributed by atoms with E-state index in [1.54, 1.807) is 6.07 Å². The number of aromatic nitrogens is 2. The molecule has 0 bridgehead atoms. The van der Waals surface area contributed by atoms with Crippen LogP contribution in [0.25, 0.3) is 0 Å². The summed E-state index contributed by atoms with van der Waals surface area (Å²) < 4.78 is 37.4. The summed E-state index contributed by atoms with van der Waals surface area (Å²) >= 11 is 1.42. The first-order valence-electron chi connectivity index (χ1n) is 9.15. The Morgan fingerprint density at radius 2 is 2.27 bits per heavy atom. The van der Waals surface area contributed by atoms with E-state index in [2.05, 4.69) is 25.0 Å². The Labute approximate surface area is 175 Å². The van der Waals surface area contributed by atoms with Crippen LogP contribution < -0.4 is 15.8 Å². The molecule has 3 N–H and O–H groups in total. The molecule has 1 amide bonds. The quantitative estimate of drug-likeness (QED) is 0.742. The lowest BCUT2D eigenvalue weighted by Gasteiger charge is -2.35. The van der Waals surface area contributed by atoms with E-state index < -0.39 is 24.1 Å². The lowest BCUT2D eigenvalue weighted by atomic mass is 9.79. The topological polar surface area (TPSA) is 112 Å². The zero-order chi connectivity index (χ0) is 21.3. The van der Waals surface area contributed by atoms with Crippen molar-refractivity contribution in [3.05, 3.63) is 47.7 Å². The number of benzene rings is 1. The number of hydrogen-bond donors (Lipinski definition) is 2. The third-order valence-corrected chi connectivity index (χ3v) is 6.13. The van der Waals surface area contributed by atoms with Gasteiger partial charge in [-0.1, -0.05) is 11.8 Å². The maximum atomic E-state index is 14.9. The number of fused-ring (bicyclic) bond motifs is 1. The average molecular weight is 435 g/mol. The zero-order valence-electron chi connectivity index (χ0n) is 16.0. The molecule has 11 heteroatoms. The number of amidine groups is 1. The first-order chi connectivity index (χ1) is 14.4. The molecule has 1 fully saturated rings. The van der Waals surface area contributed by atoms with Crippen LogP contribution in [-0.4, -0.2) is 46.4 Å². The van der Waals surface area contributed by atoms with Crippen LogP contribution in [0.2, 0.25) is 0 Å². The van der Waals surface area contributed by atoms with Gasteiger partial charge in [0, 0.05) is 22.9 Å². The third-order valence-electron chi connectivity index (χ3n) is 5.22. The second-order valence-electron chi connectivity index (χ2n) is 6.95. The van der Waals surface area contributed by atoms with E-state index in [-0.39, 0.29) is 30.2 Å². The molecule has 2 aliphatic rings. The number of halogens is 2. The molecule has 2 aromatic rings. The summed E-state index contributed by atoms with van der Waals surface area (Å²) in [7, 11) is 0. The molecule has 1 saturated heterocycles. The van der Waals surface area contributed by atoms with Crippen molar-refractivity contribution in [2.24, 2.45) is 16.6 Å². The second-order valence-corrected chi connectivity index (χ2v) is 7.99. The number of amides is 1. The van der Waals surface area contributed by atoms with Crippen LogP contribution >= 0.6 is 11.8 Å². The SMILES string of the molecule is C[C@H]1OCC2(c3cc(NC(=O)c4cnc(OCF)cn4)ccc3F)N=C(N)SCC12. The summed E-state index contributed by atoms with van der Waals surface area (Å²) in [6.07, 6.45) is 2.20. The number of nitrogens with zero attached hydrogens (tertiary/aromatic N) is 3. The number of anilines is 1. The van der Waals surface area contributed by atoms with Gasteiger partial charge in [0.25, 0.3) is 5.91 Å². The largest absolute Gasteiger partial charge is 0.445 e. The van der Waals surface area contributed by atoms with Crippen molar-refractivity contribution >= 4 is 28.5 Å². The highest BCUT2D eigenvalue weighted by atomic mass is 32.2. The Morgan fingerprint density at radius 1 is 1.43 bits per heavy atom. The molecule has 2 unspecified atom stereocenters. The predicted molar refractivity (Wildman–Crippen MR) is 108 cm³/mol. The standard InChI is InChI=1S/C19H19F2N5O3S/c1-10-13-7-30-18(22)26-19(13,8-28-10)12-4-11(2-3-14(12)21)25-17(27)15-5-24-16(6-23-15)29-9-20/h2-6,10,13H,7-9H2,1H3,(H2,22,26)(H,25,27)/t10-,13?,19?/m1/s1. The van der Waals surface area contributed by atoms with Crippen molar-refractivity contribution in [1.29, 1.82) is 0 Å². The van der Waals surface area contributed by atoms with Crippen molar-refractivity contribution in [3.63, 3.8) is 0 Å². The number of carbonyl (C=O) groups is 1. The molecule has 3 heterocycles. The van der Waals surface area contributed by atoms with E-state index in [0.717, 1.165) is 12.4 Å². The molecule has 0 spiro atoms. The third kappa shape index (κ3) is 3.70. The molecular weight excluding hydrogens is 416 g/mol. The van der Waals surface area contributed by atoms with Gasteiger partial charge < -0.3 is 20.5 Å². The fourth-order valence-electron chi connectivity index (χ4n) is 3.69. The highest BCUT2D eigenvalue weighted by molar-refractivity contribution is 8.13. The van der Waals surface area contributed by atoms with Gasteiger partial charge in [-0.25, -0.2) is 23.7 Å². The average Bonchev–Trinajstić information content (AvgIpc) is 3.07. The first-order valence-corrected chi connectivity index (χ1v) is 10.1. The van der Waals surface area contributed by atoms with Crippen LogP contribution in [0.15, 0.2) is 35.6 Å². The molecule has 158 valence electrons. The molecule has 1 aromatic heterocycles. The Bertz CT molecular complexity index is 991. The van der Waals surface area contributed by atoms with Gasteiger partial charge in [0.05, 0.1) is 25.1 Å². The molecule has 0 saturated carbocycles. The lowest BCUT2D eigenvalue weighted by Crippen LogP contribution is -2.41. The number of nitrogens with two attached hydrogens (primary N) is 1. The Morgan fingerprint density at radius 3 is 3.00 bits per heavy atom. The smallest absolute Gasteiger partial charge is 0.275 e. The number of hydrogen-bond acceptors (Lipinski definition) is 8. The Kier molecular flexibility index (Phi) is 5.56. The maximum absolute atomic E-state index is 14.9. The summed E-state index contributed by atoms with van der Waals surface area (Å²) in [5.41, 5.74) is 5.69. The summed E-state index contributed by atoms with van der Waals surface area (Å²) in [6.45, 7) is 1.09. The highest BCUT2D eigenvalue weighted by Gasteiger charge is 2.52. The Balaban J connectivity index is 1.62. The zero-order valence-corrected chi connectivity index (χ0v) is 16.8. The van der Waals surface area contributed by atoms with Gasteiger partial charge in [0.15, 0.2) is 5.17 Å². The minimum Gasteiger partial charge on any atom is -0.445 e. The molecule has 3 atom stereocenters. The minimum atomic E-state index is -1.05. The van der Waals surface area contributed by atoms with Crippen molar-refractivity contribution in [3.8, 4) is 5.88 Å². The fraction of sp³-hybridized carbons (Fsp3) is 0.368. The van der Waals surface area contributed by atoms with Gasteiger partial charge in [-0.15, -0.1) is 0 Å². The summed E-state index contributed by atoms with van der Waals surface area (Å²) in [6, 6.07) is 4.26. The van der Waals surface area contributed by atoms with E-state index >= 15 is 0 Å². The highest BCUT2D eigenvalue weighted by Crippen LogP contribution is 2.48. The van der Waals surface area contributed by atoms with E-state index in [0.29, 0.717) is 22.2 Å². The molecular formula is C19H19F2N5O3S. The molecule has 30 heavy (non-hydrogen) atoms. The van der Waals surface area contributed by atoms with Gasteiger partial charge in [-0.05, 0) is 25.1 Å².